The molecule has 0 aliphatic carbocycles. The summed E-state index contributed by atoms with van der Waals surface area (Å²) in [5, 5.41) is 3.32. The molecule has 0 amide bonds. The third kappa shape index (κ3) is 5.21. The summed E-state index contributed by atoms with van der Waals surface area (Å²) in [6, 6.07) is 16.5. The average molecular weight is 285 g/mol. The first-order valence-electron chi connectivity index (χ1n) is 7.31. The van der Waals surface area contributed by atoms with Crippen LogP contribution in [0.3, 0.4) is 0 Å². The molecule has 0 saturated heterocycles. The zero-order chi connectivity index (χ0) is 14.9. The summed E-state index contributed by atoms with van der Waals surface area (Å²) in [5.74, 6) is 0.865. The predicted molar refractivity (Wildman–Crippen MR) is 85.3 cm³/mol. The standard InChI is InChI=1S/C18H23NO2/c1-3-19-12-15-7-9-16(10-8-15)13-21-14-17-5-4-6-18(11-17)20-2/h4-11,19H,3,12-14H2,1-2H3. The van der Waals surface area contributed by atoms with Crippen molar-refractivity contribution in [1.82, 2.24) is 5.32 Å². The van der Waals surface area contributed by atoms with Gasteiger partial charge in [0, 0.05) is 6.54 Å². The van der Waals surface area contributed by atoms with Gasteiger partial charge in [-0.25, -0.2) is 0 Å². The first-order chi connectivity index (χ1) is 10.3. The fraction of sp³-hybridized carbons (Fsp3) is 0.333. The van der Waals surface area contributed by atoms with E-state index in [0.717, 1.165) is 24.4 Å². The SMILES string of the molecule is CCNCc1ccc(COCc2cccc(OC)c2)cc1. The molecular formula is C18H23NO2. The summed E-state index contributed by atoms with van der Waals surface area (Å²) in [4.78, 5) is 0. The van der Waals surface area contributed by atoms with Crippen LogP contribution in [-0.4, -0.2) is 13.7 Å². The Morgan fingerprint density at radius 1 is 0.905 bits per heavy atom. The maximum Gasteiger partial charge on any atom is 0.119 e. The minimum absolute atomic E-state index is 0.594. The van der Waals surface area contributed by atoms with Crippen molar-refractivity contribution < 1.29 is 9.47 Å². The smallest absolute Gasteiger partial charge is 0.119 e. The van der Waals surface area contributed by atoms with Crippen LogP contribution < -0.4 is 10.1 Å². The van der Waals surface area contributed by atoms with Gasteiger partial charge < -0.3 is 14.8 Å². The van der Waals surface area contributed by atoms with E-state index in [0.29, 0.717) is 13.2 Å². The lowest BCUT2D eigenvalue weighted by Crippen LogP contribution is -2.11. The van der Waals surface area contributed by atoms with Crippen molar-refractivity contribution in [2.24, 2.45) is 0 Å². The quantitative estimate of drug-likeness (QED) is 0.805. The Hall–Kier alpha value is -1.84. The average Bonchev–Trinajstić information content (AvgIpc) is 2.54. The van der Waals surface area contributed by atoms with Gasteiger partial charge in [-0.15, -0.1) is 0 Å². The van der Waals surface area contributed by atoms with Crippen molar-refractivity contribution >= 4 is 0 Å². The van der Waals surface area contributed by atoms with Crippen molar-refractivity contribution in [3.05, 3.63) is 65.2 Å². The van der Waals surface area contributed by atoms with Gasteiger partial charge in [0.15, 0.2) is 0 Å². The number of hydrogen-bond acceptors (Lipinski definition) is 3. The fourth-order valence-electron chi connectivity index (χ4n) is 2.07. The summed E-state index contributed by atoms with van der Waals surface area (Å²) < 4.78 is 11.0. The Balaban J connectivity index is 1.80. The van der Waals surface area contributed by atoms with E-state index < -0.39 is 0 Å². The van der Waals surface area contributed by atoms with E-state index in [1.165, 1.54) is 11.1 Å². The van der Waals surface area contributed by atoms with Gasteiger partial charge in [0.2, 0.25) is 0 Å². The third-order valence-electron chi connectivity index (χ3n) is 3.27. The van der Waals surface area contributed by atoms with Gasteiger partial charge in [0.1, 0.15) is 5.75 Å². The minimum Gasteiger partial charge on any atom is -0.497 e. The zero-order valence-corrected chi connectivity index (χ0v) is 12.8. The van der Waals surface area contributed by atoms with Crippen LogP contribution in [0.15, 0.2) is 48.5 Å². The zero-order valence-electron chi connectivity index (χ0n) is 12.8. The van der Waals surface area contributed by atoms with Crippen LogP contribution in [0.4, 0.5) is 0 Å². The van der Waals surface area contributed by atoms with Gasteiger partial charge in [-0.3, -0.25) is 0 Å². The van der Waals surface area contributed by atoms with Crippen molar-refractivity contribution in [3.8, 4) is 5.75 Å². The number of nitrogens with one attached hydrogen (secondary N) is 1. The van der Waals surface area contributed by atoms with E-state index in [2.05, 4.69) is 36.5 Å². The molecule has 112 valence electrons. The number of benzene rings is 2. The normalized spacial score (nSPS) is 10.6. The van der Waals surface area contributed by atoms with Crippen LogP contribution in [0.2, 0.25) is 0 Å². The second-order valence-electron chi connectivity index (χ2n) is 4.94. The summed E-state index contributed by atoms with van der Waals surface area (Å²) in [7, 11) is 1.68. The monoisotopic (exact) mass is 285 g/mol. The third-order valence-corrected chi connectivity index (χ3v) is 3.27. The molecule has 2 aromatic rings. The van der Waals surface area contributed by atoms with E-state index in [1.807, 2.05) is 24.3 Å². The van der Waals surface area contributed by atoms with Crippen LogP contribution in [0.5, 0.6) is 5.75 Å². The second-order valence-corrected chi connectivity index (χ2v) is 4.94. The molecule has 1 N–H and O–H groups in total. The summed E-state index contributed by atoms with van der Waals surface area (Å²) >= 11 is 0. The molecule has 0 heterocycles. The molecule has 0 bridgehead atoms. The summed E-state index contributed by atoms with van der Waals surface area (Å²) in [5.41, 5.74) is 3.62. The lowest BCUT2D eigenvalue weighted by atomic mass is 10.1. The largest absolute Gasteiger partial charge is 0.497 e. The van der Waals surface area contributed by atoms with Gasteiger partial charge in [0.05, 0.1) is 20.3 Å². The van der Waals surface area contributed by atoms with E-state index in [4.69, 9.17) is 9.47 Å². The molecular weight excluding hydrogens is 262 g/mol. The lowest BCUT2D eigenvalue weighted by Gasteiger charge is -2.07. The molecule has 0 spiro atoms. The molecule has 3 heteroatoms. The molecule has 0 atom stereocenters. The molecule has 0 aliphatic heterocycles. The maximum absolute atomic E-state index is 5.76. The highest BCUT2D eigenvalue weighted by Crippen LogP contribution is 2.14. The van der Waals surface area contributed by atoms with Gasteiger partial charge in [-0.1, -0.05) is 43.3 Å². The molecule has 0 aliphatic rings. The molecule has 3 nitrogen and oxygen atoms in total. The van der Waals surface area contributed by atoms with Gasteiger partial charge in [0.25, 0.3) is 0 Å². The lowest BCUT2D eigenvalue weighted by molar-refractivity contribution is 0.107. The molecule has 0 fully saturated rings. The van der Waals surface area contributed by atoms with Crippen LogP contribution in [0, 0.1) is 0 Å². The van der Waals surface area contributed by atoms with Crippen molar-refractivity contribution in [3.63, 3.8) is 0 Å². The topological polar surface area (TPSA) is 30.5 Å². The molecule has 21 heavy (non-hydrogen) atoms. The Bertz CT molecular complexity index is 537. The van der Waals surface area contributed by atoms with Gasteiger partial charge in [-0.05, 0) is 35.4 Å². The first kappa shape index (κ1) is 15.5. The van der Waals surface area contributed by atoms with Crippen LogP contribution in [-0.2, 0) is 24.5 Å². The maximum atomic E-state index is 5.76. The van der Waals surface area contributed by atoms with Crippen molar-refractivity contribution in [2.45, 2.75) is 26.7 Å². The predicted octanol–water partition coefficient (Wildman–Crippen LogP) is 3.52. The second kappa shape index (κ2) is 8.45. The summed E-state index contributed by atoms with van der Waals surface area (Å²) in [6.45, 7) is 5.24. The van der Waals surface area contributed by atoms with Crippen LogP contribution in [0.25, 0.3) is 0 Å². The highest BCUT2D eigenvalue weighted by atomic mass is 16.5. The van der Waals surface area contributed by atoms with Crippen molar-refractivity contribution in [1.29, 1.82) is 0 Å². The Morgan fingerprint density at radius 2 is 1.62 bits per heavy atom. The highest BCUT2D eigenvalue weighted by Gasteiger charge is 1.98. The fourth-order valence-corrected chi connectivity index (χ4v) is 2.07. The van der Waals surface area contributed by atoms with E-state index in [9.17, 15) is 0 Å². The minimum atomic E-state index is 0.594. The number of rotatable bonds is 8. The van der Waals surface area contributed by atoms with Crippen LogP contribution in [0.1, 0.15) is 23.6 Å². The molecule has 2 rings (SSSR count). The number of hydrogen-bond donors (Lipinski definition) is 1. The molecule has 0 aromatic heterocycles. The molecule has 0 radical (unpaired) electrons. The Labute approximate surface area is 126 Å². The highest BCUT2D eigenvalue weighted by molar-refractivity contribution is 5.28. The van der Waals surface area contributed by atoms with Gasteiger partial charge >= 0.3 is 0 Å². The Kier molecular flexibility index (Phi) is 6.25. The summed E-state index contributed by atoms with van der Waals surface area (Å²) in [6.07, 6.45) is 0. The van der Waals surface area contributed by atoms with Crippen molar-refractivity contribution in [2.75, 3.05) is 13.7 Å². The first-order valence-corrected chi connectivity index (χ1v) is 7.31. The van der Waals surface area contributed by atoms with Crippen LogP contribution >= 0.6 is 0 Å². The number of methoxy groups -OCH3 is 1. The van der Waals surface area contributed by atoms with E-state index in [-0.39, 0.29) is 0 Å². The van der Waals surface area contributed by atoms with E-state index >= 15 is 0 Å². The number of ether oxygens (including phenoxy) is 2. The Morgan fingerprint density at radius 3 is 2.33 bits per heavy atom. The van der Waals surface area contributed by atoms with Gasteiger partial charge in [-0.2, -0.15) is 0 Å². The van der Waals surface area contributed by atoms with E-state index in [1.54, 1.807) is 7.11 Å². The molecule has 2 aromatic carbocycles. The molecule has 0 saturated carbocycles. The molecule has 0 unspecified atom stereocenters.